The van der Waals surface area contributed by atoms with Gasteiger partial charge in [0.05, 0.1) is 12.8 Å². The summed E-state index contributed by atoms with van der Waals surface area (Å²) in [7, 11) is 0. The van der Waals surface area contributed by atoms with Gasteiger partial charge in [0.25, 0.3) is 0 Å². The van der Waals surface area contributed by atoms with E-state index in [4.69, 9.17) is 5.11 Å². The Balaban J connectivity index is 2.10. The number of aromatic nitrogens is 6. The highest BCUT2D eigenvalue weighted by Crippen LogP contribution is 2.03. The molecule has 0 spiro atoms. The molecular weight excluding hydrogens is 220 g/mol. The van der Waals surface area contributed by atoms with Crippen molar-refractivity contribution in [1.82, 2.24) is 29.8 Å². The monoisotopic (exact) mass is 236 g/mol. The molecule has 7 nitrogen and oxygen atoms in total. The average molecular weight is 236 g/mol. The van der Waals surface area contributed by atoms with E-state index in [1.807, 2.05) is 4.68 Å². The fraction of sp³-hybridized carbons (Fsp3) is 0.600. The Kier molecular flexibility index (Phi) is 3.48. The van der Waals surface area contributed by atoms with E-state index >= 15 is 0 Å². The Bertz CT molecular complexity index is 475. The summed E-state index contributed by atoms with van der Waals surface area (Å²) in [5.74, 6) is 1.35. The lowest BCUT2D eigenvalue weighted by Crippen LogP contribution is -2.13. The van der Waals surface area contributed by atoms with Crippen molar-refractivity contribution >= 4 is 0 Å². The molecule has 0 radical (unpaired) electrons. The van der Waals surface area contributed by atoms with Crippen LogP contribution in [-0.2, 0) is 19.7 Å². The molecule has 0 bridgehead atoms. The van der Waals surface area contributed by atoms with Crippen molar-refractivity contribution in [2.75, 3.05) is 0 Å². The van der Waals surface area contributed by atoms with Gasteiger partial charge in [0, 0.05) is 6.54 Å². The average Bonchev–Trinajstić information content (AvgIpc) is 2.89. The molecule has 0 atom stereocenters. The van der Waals surface area contributed by atoms with Crippen molar-refractivity contribution < 1.29 is 5.11 Å². The first kappa shape index (κ1) is 11.7. The summed E-state index contributed by atoms with van der Waals surface area (Å²) in [6.07, 6.45) is 3.25. The maximum absolute atomic E-state index is 8.90. The Morgan fingerprint density at radius 1 is 1.41 bits per heavy atom. The van der Waals surface area contributed by atoms with E-state index in [9.17, 15) is 0 Å². The molecule has 0 amide bonds. The molecule has 2 aromatic rings. The molecule has 0 saturated heterocycles. The van der Waals surface area contributed by atoms with Crippen LogP contribution in [0.4, 0.5) is 0 Å². The van der Waals surface area contributed by atoms with Crippen LogP contribution in [-0.4, -0.2) is 34.9 Å². The van der Waals surface area contributed by atoms with Gasteiger partial charge in [0.1, 0.15) is 24.4 Å². The van der Waals surface area contributed by atoms with Crippen molar-refractivity contribution in [3.63, 3.8) is 0 Å². The Morgan fingerprint density at radius 3 is 2.88 bits per heavy atom. The minimum Gasteiger partial charge on any atom is -0.390 e. The molecule has 0 fully saturated rings. The smallest absolute Gasteiger partial charge is 0.148 e. The number of hydrogen-bond donors (Lipinski definition) is 1. The molecule has 0 aliphatic rings. The number of nitrogens with zero attached hydrogens (tertiary/aromatic N) is 6. The Hall–Kier alpha value is -1.76. The molecule has 0 saturated carbocycles. The molecule has 2 heterocycles. The van der Waals surface area contributed by atoms with Crippen molar-refractivity contribution in [2.24, 2.45) is 5.92 Å². The molecule has 92 valence electrons. The second-order valence-corrected chi connectivity index (χ2v) is 4.32. The number of aliphatic hydroxyl groups excluding tert-OH is 1. The summed E-state index contributed by atoms with van der Waals surface area (Å²) in [5, 5.41) is 20.8. The summed E-state index contributed by atoms with van der Waals surface area (Å²) in [4.78, 5) is 4.20. The zero-order valence-electron chi connectivity index (χ0n) is 9.98. The number of aliphatic hydroxyl groups is 1. The second-order valence-electron chi connectivity index (χ2n) is 4.32. The van der Waals surface area contributed by atoms with Crippen LogP contribution >= 0.6 is 0 Å². The first-order valence-corrected chi connectivity index (χ1v) is 5.55. The van der Waals surface area contributed by atoms with Crippen LogP contribution < -0.4 is 0 Å². The van der Waals surface area contributed by atoms with Gasteiger partial charge in [-0.1, -0.05) is 19.1 Å². The van der Waals surface area contributed by atoms with Crippen LogP contribution in [0.25, 0.3) is 0 Å². The molecule has 7 heteroatoms. The first-order valence-electron chi connectivity index (χ1n) is 5.55. The quantitative estimate of drug-likeness (QED) is 0.794. The van der Waals surface area contributed by atoms with Crippen LogP contribution in [0, 0.1) is 5.92 Å². The summed E-state index contributed by atoms with van der Waals surface area (Å²) in [6.45, 7) is 5.50. The second kappa shape index (κ2) is 5.05. The molecule has 17 heavy (non-hydrogen) atoms. The van der Waals surface area contributed by atoms with Crippen molar-refractivity contribution in [1.29, 1.82) is 0 Å². The molecule has 0 aliphatic carbocycles. The molecular formula is C10H16N6O. The lowest BCUT2D eigenvalue weighted by molar-refractivity contribution is 0.276. The third-order valence-corrected chi connectivity index (χ3v) is 2.29. The van der Waals surface area contributed by atoms with E-state index in [0.29, 0.717) is 18.2 Å². The fourth-order valence-electron chi connectivity index (χ4n) is 1.54. The first-order chi connectivity index (χ1) is 8.19. The largest absolute Gasteiger partial charge is 0.390 e. The zero-order valence-corrected chi connectivity index (χ0v) is 9.98. The molecule has 2 aromatic heterocycles. The summed E-state index contributed by atoms with van der Waals surface area (Å²) in [6, 6.07) is 0. The minimum atomic E-state index is -0.0985. The maximum atomic E-state index is 8.90. The third kappa shape index (κ3) is 2.88. The van der Waals surface area contributed by atoms with E-state index in [0.717, 1.165) is 12.4 Å². The Morgan fingerprint density at radius 2 is 2.24 bits per heavy atom. The minimum absolute atomic E-state index is 0.0985. The Labute approximate surface area is 99.1 Å². The number of hydrogen-bond acceptors (Lipinski definition) is 5. The summed E-state index contributed by atoms with van der Waals surface area (Å²) >= 11 is 0. The van der Waals surface area contributed by atoms with Crippen LogP contribution in [0.15, 0.2) is 12.5 Å². The molecule has 0 aliphatic heterocycles. The van der Waals surface area contributed by atoms with Gasteiger partial charge in [0.2, 0.25) is 0 Å². The highest BCUT2D eigenvalue weighted by Gasteiger charge is 2.08. The lowest BCUT2D eigenvalue weighted by atomic mass is 10.2. The van der Waals surface area contributed by atoms with Gasteiger partial charge in [-0.2, -0.15) is 5.10 Å². The highest BCUT2D eigenvalue weighted by molar-refractivity contribution is 4.92. The van der Waals surface area contributed by atoms with E-state index in [1.54, 1.807) is 17.2 Å². The van der Waals surface area contributed by atoms with Gasteiger partial charge in [-0.3, -0.25) is 0 Å². The SMILES string of the molecule is CC(C)Cn1ncnc1Cn1cc(CO)nn1. The van der Waals surface area contributed by atoms with E-state index in [-0.39, 0.29) is 6.61 Å². The predicted molar refractivity (Wildman–Crippen MR) is 59.9 cm³/mol. The van der Waals surface area contributed by atoms with Crippen LogP contribution in [0.2, 0.25) is 0 Å². The zero-order chi connectivity index (χ0) is 12.3. The van der Waals surface area contributed by atoms with Gasteiger partial charge >= 0.3 is 0 Å². The van der Waals surface area contributed by atoms with Crippen LogP contribution in [0.3, 0.4) is 0 Å². The summed E-state index contributed by atoms with van der Waals surface area (Å²) < 4.78 is 3.51. The van der Waals surface area contributed by atoms with Crippen LogP contribution in [0.5, 0.6) is 0 Å². The topological polar surface area (TPSA) is 81.7 Å². The molecule has 1 N–H and O–H groups in total. The normalized spacial score (nSPS) is 11.3. The van der Waals surface area contributed by atoms with E-state index in [1.165, 1.54) is 0 Å². The van der Waals surface area contributed by atoms with Crippen LogP contribution in [0.1, 0.15) is 25.4 Å². The van der Waals surface area contributed by atoms with E-state index < -0.39 is 0 Å². The third-order valence-electron chi connectivity index (χ3n) is 2.29. The molecule has 0 unspecified atom stereocenters. The highest BCUT2D eigenvalue weighted by atomic mass is 16.3. The lowest BCUT2D eigenvalue weighted by Gasteiger charge is -2.07. The fourth-order valence-corrected chi connectivity index (χ4v) is 1.54. The maximum Gasteiger partial charge on any atom is 0.148 e. The molecule has 2 rings (SSSR count). The van der Waals surface area contributed by atoms with Gasteiger partial charge in [-0.25, -0.2) is 14.3 Å². The van der Waals surface area contributed by atoms with Gasteiger partial charge in [0.15, 0.2) is 0 Å². The van der Waals surface area contributed by atoms with Gasteiger partial charge in [-0.05, 0) is 5.92 Å². The number of rotatable bonds is 5. The van der Waals surface area contributed by atoms with Gasteiger partial charge in [-0.15, -0.1) is 5.10 Å². The standard InChI is InChI=1S/C10H16N6O/c1-8(2)3-16-10(11-7-12-16)5-15-4-9(6-17)13-14-15/h4,7-8,17H,3,5-6H2,1-2H3. The van der Waals surface area contributed by atoms with E-state index in [2.05, 4.69) is 34.2 Å². The predicted octanol–water partition coefficient (Wildman–Crippen LogP) is 0.0662. The van der Waals surface area contributed by atoms with Crippen molar-refractivity contribution in [2.45, 2.75) is 33.5 Å². The van der Waals surface area contributed by atoms with Crippen molar-refractivity contribution in [3.05, 3.63) is 24.0 Å². The molecule has 0 aromatic carbocycles. The van der Waals surface area contributed by atoms with Gasteiger partial charge < -0.3 is 5.11 Å². The summed E-state index contributed by atoms with van der Waals surface area (Å²) in [5.41, 5.74) is 0.555. The van der Waals surface area contributed by atoms with Crippen molar-refractivity contribution in [3.8, 4) is 0 Å².